The van der Waals surface area contributed by atoms with Crippen LogP contribution in [0.15, 0.2) is 29.1 Å². The lowest BCUT2D eigenvalue weighted by atomic mass is 10.2. The summed E-state index contributed by atoms with van der Waals surface area (Å²) in [5, 5.41) is 10.3. The third-order valence-electron chi connectivity index (χ3n) is 3.72. The maximum atomic E-state index is 12.5. The number of para-hydroxylation sites is 1. The molecule has 0 saturated carbocycles. The van der Waals surface area contributed by atoms with E-state index in [4.69, 9.17) is 4.74 Å². The Morgan fingerprint density at radius 1 is 1.45 bits per heavy atom. The van der Waals surface area contributed by atoms with Gasteiger partial charge in [0.2, 0.25) is 0 Å². The molecular formula is C15H17N3O4. The van der Waals surface area contributed by atoms with E-state index in [1.807, 2.05) is 6.92 Å². The Bertz CT molecular complexity index is 758. The highest BCUT2D eigenvalue weighted by molar-refractivity contribution is 5.92. The minimum atomic E-state index is -0.726. The number of nitrogens with one attached hydrogen (secondary N) is 1. The molecule has 0 bridgehead atoms. The number of aromatic amines is 1. The van der Waals surface area contributed by atoms with Crippen molar-refractivity contribution in [3.63, 3.8) is 0 Å². The zero-order valence-corrected chi connectivity index (χ0v) is 12.2. The molecule has 22 heavy (non-hydrogen) atoms. The molecule has 116 valence electrons. The zero-order chi connectivity index (χ0) is 15.7. The zero-order valence-electron chi connectivity index (χ0n) is 12.2. The fourth-order valence-corrected chi connectivity index (χ4v) is 2.64. The molecular weight excluding hydrogens is 286 g/mol. The number of benzene rings is 1. The first kappa shape index (κ1) is 14.7. The number of aromatic nitrogens is 2. The molecule has 7 heteroatoms. The minimum absolute atomic E-state index is 0.0203. The van der Waals surface area contributed by atoms with E-state index in [1.54, 1.807) is 24.3 Å². The maximum absolute atomic E-state index is 12.5. The summed E-state index contributed by atoms with van der Waals surface area (Å²) < 4.78 is 5.39. The second-order valence-electron chi connectivity index (χ2n) is 5.20. The summed E-state index contributed by atoms with van der Waals surface area (Å²) in [6.45, 7) is 2.75. The van der Waals surface area contributed by atoms with E-state index in [0.29, 0.717) is 17.5 Å². The van der Waals surface area contributed by atoms with Gasteiger partial charge >= 0.3 is 0 Å². The number of H-pyrrole nitrogens is 1. The van der Waals surface area contributed by atoms with Crippen LogP contribution in [0.3, 0.4) is 0 Å². The number of hydrogen-bond donors (Lipinski definition) is 2. The van der Waals surface area contributed by atoms with Gasteiger partial charge in [0.15, 0.2) is 5.82 Å². The molecule has 2 heterocycles. The Kier molecular flexibility index (Phi) is 3.91. The summed E-state index contributed by atoms with van der Waals surface area (Å²) in [6, 6.07) is 6.83. The first-order valence-corrected chi connectivity index (χ1v) is 7.18. The molecule has 0 aliphatic carbocycles. The van der Waals surface area contributed by atoms with E-state index in [1.165, 1.54) is 4.90 Å². The molecule has 0 spiro atoms. The highest BCUT2D eigenvalue weighted by Gasteiger charge is 2.35. The van der Waals surface area contributed by atoms with Gasteiger partial charge in [-0.15, -0.1) is 0 Å². The predicted molar refractivity (Wildman–Crippen MR) is 79.7 cm³/mol. The first-order chi connectivity index (χ1) is 10.6. The molecule has 1 aromatic heterocycles. The third kappa shape index (κ3) is 2.60. The van der Waals surface area contributed by atoms with Crippen molar-refractivity contribution >= 4 is 16.8 Å². The number of carbonyl (C=O) groups excluding carboxylic acids is 1. The van der Waals surface area contributed by atoms with E-state index in [0.717, 1.165) is 0 Å². The van der Waals surface area contributed by atoms with Gasteiger partial charge in [-0.2, -0.15) is 0 Å². The summed E-state index contributed by atoms with van der Waals surface area (Å²) in [5.41, 5.74) is 0.116. The Balaban J connectivity index is 1.88. The van der Waals surface area contributed by atoms with E-state index < -0.39 is 18.1 Å². The van der Waals surface area contributed by atoms with Crippen molar-refractivity contribution in [1.82, 2.24) is 14.9 Å². The minimum Gasteiger partial charge on any atom is -0.388 e. The first-order valence-electron chi connectivity index (χ1n) is 7.18. The number of aliphatic hydroxyl groups is 1. The number of aliphatic hydroxyl groups excluding tert-OH is 1. The molecule has 2 atom stereocenters. The Hall–Kier alpha value is -2.25. The van der Waals surface area contributed by atoms with Crippen molar-refractivity contribution in [3.8, 4) is 0 Å². The summed E-state index contributed by atoms with van der Waals surface area (Å²) in [7, 11) is 0. The molecule has 1 aliphatic rings. The van der Waals surface area contributed by atoms with Gasteiger partial charge in [-0.1, -0.05) is 12.1 Å². The number of hydrogen-bond acceptors (Lipinski definition) is 5. The summed E-state index contributed by atoms with van der Waals surface area (Å²) in [5.74, 6) is -0.433. The quantitative estimate of drug-likeness (QED) is 0.841. The predicted octanol–water partition coefficient (Wildman–Crippen LogP) is 0.145. The lowest BCUT2D eigenvalue weighted by Crippen LogP contribution is -2.33. The fourth-order valence-electron chi connectivity index (χ4n) is 2.64. The van der Waals surface area contributed by atoms with Crippen molar-refractivity contribution in [2.24, 2.45) is 0 Å². The van der Waals surface area contributed by atoms with Crippen molar-refractivity contribution in [2.75, 3.05) is 19.7 Å². The monoisotopic (exact) mass is 303 g/mol. The van der Waals surface area contributed by atoms with E-state index in [-0.39, 0.29) is 24.5 Å². The van der Waals surface area contributed by atoms with Crippen molar-refractivity contribution in [3.05, 3.63) is 40.4 Å². The largest absolute Gasteiger partial charge is 0.388 e. The normalized spacial score (nSPS) is 21.5. The second-order valence-corrected chi connectivity index (χ2v) is 5.20. The number of amides is 1. The molecule has 2 N–H and O–H groups in total. The van der Waals surface area contributed by atoms with E-state index in [2.05, 4.69) is 9.97 Å². The average Bonchev–Trinajstić information content (AvgIpc) is 2.88. The molecule has 1 saturated heterocycles. The van der Waals surface area contributed by atoms with E-state index in [9.17, 15) is 14.7 Å². The van der Waals surface area contributed by atoms with Gasteiger partial charge in [-0.3, -0.25) is 9.59 Å². The Morgan fingerprint density at radius 3 is 3.00 bits per heavy atom. The molecule has 0 radical (unpaired) electrons. The van der Waals surface area contributed by atoms with E-state index >= 15 is 0 Å². The van der Waals surface area contributed by atoms with Crippen LogP contribution in [0.2, 0.25) is 0 Å². The number of β-amino-alcohol motifs (C(OH)–C–C–N with tert-alkyl or cyclic N) is 1. The summed E-state index contributed by atoms with van der Waals surface area (Å²) in [6.07, 6.45) is -1.13. The maximum Gasteiger partial charge on any atom is 0.289 e. The number of fused-ring (bicyclic) bond motifs is 1. The fraction of sp³-hybridized carbons (Fsp3) is 0.400. The van der Waals surface area contributed by atoms with Crippen LogP contribution in [0.5, 0.6) is 0 Å². The van der Waals surface area contributed by atoms with Gasteiger partial charge in [0.05, 0.1) is 23.6 Å². The van der Waals surface area contributed by atoms with Gasteiger partial charge < -0.3 is 19.7 Å². The van der Waals surface area contributed by atoms with Gasteiger partial charge in [0, 0.05) is 13.2 Å². The van der Waals surface area contributed by atoms with Crippen LogP contribution >= 0.6 is 0 Å². The van der Waals surface area contributed by atoms with Crippen LogP contribution in [-0.4, -0.2) is 57.8 Å². The molecule has 1 fully saturated rings. The van der Waals surface area contributed by atoms with Crippen LogP contribution in [-0.2, 0) is 4.74 Å². The third-order valence-corrected chi connectivity index (χ3v) is 3.72. The topological polar surface area (TPSA) is 95.5 Å². The van der Waals surface area contributed by atoms with Gasteiger partial charge in [-0.05, 0) is 19.1 Å². The van der Waals surface area contributed by atoms with Crippen molar-refractivity contribution < 1.29 is 14.6 Å². The van der Waals surface area contributed by atoms with Crippen LogP contribution in [0.25, 0.3) is 10.9 Å². The van der Waals surface area contributed by atoms with Crippen molar-refractivity contribution in [2.45, 2.75) is 19.1 Å². The summed E-state index contributed by atoms with van der Waals surface area (Å²) in [4.78, 5) is 32.6. The van der Waals surface area contributed by atoms with Gasteiger partial charge in [0.1, 0.15) is 6.10 Å². The summed E-state index contributed by atoms with van der Waals surface area (Å²) >= 11 is 0. The van der Waals surface area contributed by atoms with Crippen LogP contribution in [0.4, 0.5) is 0 Å². The lowest BCUT2D eigenvalue weighted by Gasteiger charge is -2.15. The highest BCUT2D eigenvalue weighted by Crippen LogP contribution is 2.16. The SMILES string of the molecule is CCO[C@@H]1CN(C(=O)c2nc3ccccc3c(=O)[nH]2)C[C@H]1O. The van der Waals surface area contributed by atoms with Gasteiger partial charge in [-0.25, -0.2) is 4.98 Å². The molecule has 3 rings (SSSR count). The molecule has 7 nitrogen and oxygen atoms in total. The number of rotatable bonds is 3. The molecule has 1 aromatic carbocycles. The van der Waals surface area contributed by atoms with Gasteiger partial charge in [0.25, 0.3) is 11.5 Å². The van der Waals surface area contributed by atoms with Crippen molar-refractivity contribution in [1.29, 1.82) is 0 Å². The number of carbonyl (C=O) groups is 1. The number of nitrogens with zero attached hydrogens (tertiary/aromatic N) is 2. The number of ether oxygens (including phenoxy) is 1. The lowest BCUT2D eigenvalue weighted by molar-refractivity contribution is -0.00238. The standard InChI is InChI=1S/C15H17N3O4/c1-2-22-12-8-18(7-11(12)19)15(21)13-16-10-6-4-3-5-9(10)14(20)17-13/h3-6,11-12,19H,2,7-8H2,1H3,(H,16,17,20)/t11-,12-/m1/s1. The second kappa shape index (κ2) is 5.86. The average molecular weight is 303 g/mol. The number of likely N-dealkylation sites (tertiary alicyclic amines) is 1. The Labute approximate surface area is 126 Å². The molecule has 1 amide bonds. The molecule has 2 aromatic rings. The Morgan fingerprint density at radius 2 is 2.23 bits per heavy atom. The van der Waals surface area contributed by atoms with Crippen LogP contribution in [0, 0.1) is 0 Å². The molecule has 1 aliphatic heterocycles. The highest BCUT2D eigenvalue weighted by atomic mass is 16.5. The molecule has 0 unspecified atom stereocenters. The van der Waals surface area contributed by atoms with Crippen LogP contribution < -0.4 is 5.56 Å². The smallest absolute Gasteiger partial charge is 0.289 e. The van der Waals surface area contributed by atoms with Crippen LogP contribution in [0.1, 0.15) is 17.5 Å².